The molecule has 1 heterocycles. The molecule has 0 aliphatic rings. The molecule has 0 saturated carbocycles. The zero-order valence-corrected chi connectivity index (χ0v) is 7.67. The Morgan fingerprint density at radius 1 is 1.50 bits per heavy atom. The standard InChI is InChI=1S/C8H10N2OS/c1-2-12-6-8-9-3-7(5-11)4-10-8/h3-5H,2,6H2,1H3. The molecule has 1 aromatic heterocycles. The Morgan fingerprint density at radius 2 is 2.17 bits per heavy atom. The number of carbonyl (C=O) groups is 1. The first-order chi connectivity index (χ1) is 5.86. The molecule has 0 spiro atoms. The van der Waals surface area contributed by atoms with Crippen LogP contribution in [0.2, 0.25) is 0 Å². The zero-order valence-electron chi connectivity index (χ0n) is 6.86. The van der Waals surface area contributed by atoms with Crippen LogP contribution < -0.4 is 0 Å². The fourth-order valence-electron chi connectivity index (χ4n) is 0.694. The van der Waals surface area contributed by atoms with Crippen LogP contribution in [0.15, 0.2) is 12.4 Å². The molecule has 1 rings (SSSR count). The Balaban J connectivity index is 2.58. The van der Waals surface area contributed by atoms with Gasteiger partial charge in [0.05, 0.1) is 11.3 Å². The lowest BCUT2D eigenvalue weighted by atomic mass is 10.4. The first kappa shape index (κ1) is 9.19. The number of hydrogen-bond acceptors (Lipinski definition) is 4. The third kappa shape index (κ3) is 2.62. The van der Waals surface area contributed by atoms with Crippen LogP contribution in [0.5, 0.6) is 0 Å². The summed E-state index contributed by atoms with van der Waals surface area (Å²) in [6.45, 7) is 2.09. The van der Waals surface area contributed by atoms with E-state index >= 15 is 0 Å². The minimum absolute atomic E-state index is 0.528. The fourth-order valence-corrected chi connectivity index (χ4v) is 1.23. The van der Waals surface area contributed by atoms with Gasteiger partial charge in [-0.05, 0) is 5.75 Å². The maximum atomic E-state index is 10.2. The Kier molecular flexibility index (Phi) is 3.73. The van der Waals surface area contributed by atoms with E-state index in [0.717, 1.165) is 23.6 Å². The number of thioether (sulfide) groups is 1. The second-order valence-corrected chi connectivity index (χ2v) is 3.46. The van der Waals surface area contributed by atoms with Gasteiger partial charge >= 0.3 is 0 Å². The molecule has 0 fully saturated rings. The summed E-state index contributed by atoms with van der Waals surface area (Å²) in [5.41, 5.74) is 0.528. The summed E-state index contributed by atoms with van der Waals surface area (Å²) in [6, 6.07) is 0. The van der Waals surface area contributed by atoms with Crippen LogP contribution in [-0.4, -0.2) is 22.0 Å². The molecule has 64 valence electrons. The number of rotatable bonds is 4. The average Bonchev–Trinajstić information content (AvgIpc) is 2.15. The third-order valence-corrected chi connectivity index (χ3v) is 2.17. The largest absolute Gasteiger partial charge is 0.298 e. The van der Waals surface area contributed by atoms with Crippen molar-refractivity contribution < 1.29 is 4.79 Å². The highest BCUT2D eigenvalue weighted by atomic mass is 32.2. The van der Waals surface area contributed by atoms with Gasteiger partial charge in [-0.2, -0.15) is 11.8 Å². The van der Waals surface area contributed by atoms with Crippen LogP contribution in [0.1, 0.15) is 23.1 Å². The highest BCUT2D eigenvalue weighted by molar-refractivity contribution is 7.98. The topological polar surface area (TPSA) is 42.9 Å². The van der Waals surface area contributed by atoms with Gasteiger partial charge in [0.2, 0.25) is 0 Å². The molecule has 0 aliphatic carbocycles. The van der Waals surface area contributed by atoms with Crippen molar-refractivity contribution in [3.05, 3.63) is 23.8 Å². The van der Waals surface area contributed by atoms with Crippen molar-refractivity contribution in [2.24, 2.45) is 0 Å². The maximum absolute atomic E-state index is 10.2. The highest BCUT2D eigenvalue weighted by Crippen LogP contribution is 2.06. The number of nitrogens with zero attached hydrogens (tertiary/aromatic N) is 2. The van der Waals surface area contributed by atoms with Crippen molar-refractivity contribution in [1.29, 1.82) is 0 Å². The minimum atomic E-state index is 0.528. The molecule has 0 N–H and O–H groups in total. The van der Waals surface area contributed by atoms with Gasteiger partial charge in [0, 0.05) is 12.4 Å². The van der Waals surface area contributed by atoms with Gasteiger partial charge in [0.15, 0.2) is 6.29 Å². The second kappa shape index (κ2) is 4.87. The molecule has 3 nitrogen and oxygen atoms in total. The van der Waals surface area contributed by atoms with Crippen molar-refractivity contribution in [2.45, 2.75) is 12.7 Å². The summed E-state index contributed by atoms with van der Waals surface area (Å²) in [7, 11) is 0. The van der Waals surface area contributed by atoms with Crippen LogP contribution in [0.3, 0.4) is 0 Å². The molecule has 0 atom stereocenters. The van der Waals surface area contributed by atoms with Gasteiger partial charge in [0.1, 0.15) is 5.82 Å². The molecule has 4 heteroatoms. The van der Waals surface area contributed by atoms with E-state index in [2.05, 4.69) is 16.9 Å². The van der Waals surface area contributed by atoms with Gasteiger partial charge in [-0.15, -0.1) is 0 Å². The van der Waals surface area contributed by atoms with E-state index in [0.29, 0.717) is 5.56 Å². The Bertz CT molecular complexity index is 248. The van der Waals surface area contributed by atoms with Crippen LogP contribution in [0.4, 0.5) is 0 Å². The molecule has 12 heavy (non-hydrogen) atoms. The number of hydrogen-bond donors (Lipinski definition) is 0. The quantitative estimate of drug-likeness (QED) is 0.662. The van der Waals surface area contributed by atoms with Crippen molar-refractivity contribution in [1.82, 2.24) is 9.97 Å². The van der Waals surface area contributed by atoms with Crippen molar-refractivity contribution in [2.75, 3.05) is 5.75 Å². The van der Waals surface area contributed by atoms with E-state index in [1.165, 1.54) is 0 Å². The summed E-state index contributed by atoms with van der Waals surface area (Å²) in [6.07, 6.45) is 3.84. The van der Waals surface area contributed by atoms with Gasteiger partial charge < -0.3 is 0 Å². The van der Waals surface area contributed by atoms with Crippen molar-refractivity contribution in [3.8, 4) is 0 Å². The van der Waals surface area contributed by atoms with Crippen molar-refractivity contribution >= 4 is 18.0 Å². The molecule has 0 saturated heterocycles. The fraction of sp³-hybridized carbons (Fsp3) is 0.375. The molecule has 1 aromatic rings. The minimum Gasteiger partial charge on any atom is -0.298 e. The summed E-state index contributed by atoms with van der Waals surface area (Å²) >= 11 is 1.76. The van der Waals surface area contributed by atoms with E-state index < -0.39 is 0 Å². The van der Waals surface area contributed by atoms with Gasteiger partial charge in [-0.1, -0.05) is 6.92 Å². The van der Waals surface area contributed by atoms with Crippen molar-refractivity contribution in [3.63, 3.8) is 0 Å². The van der Waals surface area contributed by atoms with Crippen LogP contribution in [-0.2, 0) is 5.75 Å². The SMILES string of the molecule is CCSCc1ncc(C=O)cn1. The van der Waals surface area contributed by atoms with Crippen LogP contribution in [0, 0.1) is 0 Å². The molecular weight excluding hydrogens is 172 g/mol. The highest BCUT2D eigenvalue weighted by Gasteiger charge is 1.95. The monoisotopic (exact) mass is 182 g/mol. The molecular formula is C8H10N2OS. The van der Waals surface area contributed by atoms with E-state index in [1.54, 1.807) is 24.2 Å². The molecule has 0 aromatic carbocycles. The molecule has 0 aliphatic heterocycles. The first-order valence-corrected chi connectivity index (χ1v) is 4.86. The predicted octanol–water partition coefficient (Wildman–Crippen LogP) is 1.54. The summed E-state index contributed by atoms with van der Waals surface area (Å²) in [4.78, 5) is 18.3. The van der Waals surface area contributed by atoms with E-state index in [4.69, 9.17) is 0 Å². The van der Waals surface area contributed by atoms with Crippen LogP contribution >= 0.6 is 11.8 Å². The molecule has 0 unspecified atom stereocenters. The molecule has 0 bridgehead atoms. The van der Waals surface area contributed by atoms with Gasteiger partial charge in [0.25, 0.3) is 0 Å². The second-order valence-electron chi connectivity index (χ2n) is 2.19. The Hall–Kier alpha value is -0.900. The predicted molar refractivity (Wildman–Crippen MR) is 49.3 cm³/mol. The lowest BCUT2D eigenvalue weighted by molar-refractivity contribution is 0.112. The molecule has 0 amide bonds. The smallest absolute Gasteiger partial charge is 0.153 e. The van der Waals surface area contributed by atoms with E-state index in [1.807, 2.05) is 0 Å². The number of aldehydes is 1. The van der Waals surface area contributed by atoms with E-state index in [-0.39, 0.29) is 0 Å². The Labute approximate surface area is 75.6 Å². The summed E-state index contributed by atoms with van der Waals surface area (Å²) in [5.74, 6) is 2.65. The lowest BCUT2D eigenvalue weighted by Gasteiger charge is -1.96. The average molecular weight is 182 g/mol. The van der Waals surface area contributed by atoms with E-state index in [9.17, 15) is 4.79 Å². The van der Waals surface area contributed by atoms with Gasteiger partial charge in [-0.25, -0.2) is 9.97 Å². The summed E-state index contributed by atoms with van der Waals surface area (Å²) < 4.78 is 0. The lowest BCUT2D eigenvalue weighted by Crippen LogP contribution is -1.93. The third-order valence-electron chi connectivity index (χ3n) is 1.30. The van der Waals surface area contributed by atoms with Crippen LogP contribution in [0.25, 0.3) is 0 Å². The van der Waals surface area contributed by atoms with Gasteiger partial charge in [-0.3, -0.25) is 4.79 Å². The normalized spacial score (nSPS) is 9.75. The first-order valence-electron chi connectivity index (χ1n) is 3.70. The number of carbonyl (C=O) groups excluding carboxylic acids is 1. The number of aromatic nitrogens is 2. The maximum Gasteiger partial charge on any atom is 0.153 e. The zero-order chi connectivity index (χ0) is 8.81. The summed E-state index contributed by atoms with van der Waals surface area (Å²) in [5, 5.41) is 0. The molecule has 0 radical (unpaired) electrons. The Morgan fingerprint density at radius 3 is 2.67 bits per heavy atom.